The molecule has 0 aliphatic heterocycles. The van der Waals surface area contributed by atoms with Crippen LogP contribution in [0.5, 0.6) is 0 Å². The van der Waals surface area contributed by atoms with Gasteiger partial charge in [0.15, 0.2) is 5.82 Å². The second kappa shape index (κ2) is 5.96. The van der Waals surface area contributed by atoms with Crippen LogP contribution in [0.2, 0.25) is 5.02 Å². The van der Waals surface area contributed by atoms with E-state index < -0.39 is 5.97 Å². The quantitative estimate of drug-likeness (QED) is 0.689. The Morgan fingerprint density at radius 2 is 1.96 bits per heavy atom. The molecule has 0 saturated heterocycles. The Balaban J connectivity index is 2.05. The number of halogens is 1. The lowest BCUT2D eigenvalue weighted by Gasteiger charge is -2.09. The molecule has 0 atom stereocenters. The van der Waals surface area contributed by atoms with E-state index in [1.807, 2.05) is 12.1 Å². The summed E-state index contributed by atoms with van der Waals surface area (Å²) in [6.07, 6.45) is 1.27. The maximum Gasteiger partial charge on any atom is 0.341 e. The van der Waals surface area contributed by atoms with Crippen LogP contribution in [0, 0.1) is 6.92 Å². The van der Waals surface area contributed by atoms with E-state index in [9.17, 15) is 4.79 Å². The van der Waals surface area contributed by atoms with E-state index in [0.29, 0.717) is 27.9 Å². The maximum absolute atomic E-state index is 12.1. The highest BCUT2D eigenvalue weighted by atomic mass is 35.5. The second-order valence-electron chi connectivity index (χ2n) is 5.37. The average Bonchev–Trinajstić information content (AvgIpc) is 2.92. The Morgan fingerprint density at radius 3 is 2.61 bits per heavy atom. The van der Waals surface area contributed by atoms with Crippen molar-refractivity contribution in [3.05, 3.63) is 46.7 Å². The van der Waals surface area contributed by atoms with Gasteiger partial charge in [-0.15, -0.1) is 5.10 Å². The van der Waals surface area contributed by atoms with E-state index in [-0.39, 0.29) is 6.10 Å². The molecular weight excluding hydrogens is 316 g/mol. The van der Waals surface area contributed by atoms with Crippen molar-refractivity contribution in [3.63, 3.8) is 0 Å². The molecule has 1 aromatic carbocycles. The van der Waals surface area contributed by atoms with Crippen LogP contribution < -0.4 is 0 Å². The number of aryl methyl sites for hydroxylation is 1. The number of hydrogen-bond acceptors (Lipinski definition) is 5. The van der Waals surface area contributed by atoms with Gasteiger partial charge in [0, 0.05) is 16.8 Å². The first kappa shape index (κ1) is 15.4. The maximum atomic E-state index is 12.1. The Bertz CT molecular complexity index is 872. The number of hydrogen-bond donors (Lipinski definition) is 0. The summed E-state index contributed by atoms with van der Waals surface area (Å²) in [6.45, 7) is 5.38. The highest BCUT2D eigenvalue weighted by Crippen LogP contribution is 2.20. The van der Waals surface area contributed by atoms with Gasteiger partial charge in [-0.2, -0.15) is 4.98 Å². The minimum Gasteiger partial charge on any atom is -0.459 e. The van der Waals surface area contributed by atoms with Crippen molar-refractivity contribution < 1.29 is 9.53 Å². The van der Waals surface area contributed by atoms with E-state index in [0.717, 1.165) is 5.56 Å². The molecule has 7 heteroatoms. The predicted octanol–water partition coefficient (Wildman–Crippen LogP) is 3.32. The summed E-state index contributed by atoms with van der Waals surface area (Å²) in [4.78, 5) is 20.7. The molecule has 0 unspecified atom stereocenters. The van der Waals surface area contributed by atoms with Gasteiger partial charge in [0.25, 0.3) is 5.78 Å². The van der Waals surface area contributed by atoms with Crippen LogP contribution >= 0.6 is 11.6 Å². The minimum absolute atomic E-state index is 0.196. The molecule has 0 fully saturated rings. The SMILES string of the molecule is Cc1c(C(=O)OC(C)C)cnc2nc(-c3ccc(Cl)cc3)nn12. The van der Waals surface area contributed by atoms with Crippen molar-refractivity contribution in [2.45, 2.75) is 26.9 Å². The first-order valence-corrected chi connectivity index (χ1v) is 7.53. The number of aromatic nitrogens is 4. The molecule has 118 valence electrons. The molecule has 3 rings (SSSR count). The van der Waals surface area contributed by atoms with Crippen LogP contribution in [0.1, 0.15) is 29.9 Å². The molecule has 3 aromatic rings. The molecule has 0 N–H and O–H groups in total. The van der Waals surface area contributed by atoms with Gasteiger partial charge in [0.05, 0.1) is 17.4 Å². The molecule has 23 heavy (non-hydrogen) atoms. The third-order valence-electron chi connectivity index (χ3n) is 3.27. The molecule has 6 nitrogen and oxygen atoms in total. The number of rotatable bonds is 3. The summed E-state index contributed by atoms with van der Waals surface area (Å²) in [5, 5.41) is 5.07. The fraction of sp³-hybridized carbons (Fsp3) is 0.250. The molecule has 0 aliphatic carbocycles. The third kappa shape index (κ3) is 3.03. The molecular formula is C16H15ClN4O2. The molecule has 2 aromatic heterocycles. The lowest BCUT2D eigenvalue weighted by Crippen LogP contribution is -2.15. The zero-order valence-electron chi connectivity index (χ0n) is 12.9. The molecule has 0 amide bonds. The van der Waals surface area contributed by atoms with Crippen molar-refractivity contribution in [2.75, 3.05) is 0 Å². The highest BCUT2D eigenvalue weighted by Gasteiger charge is 2.17. The number of ether oxygens (including phenoxy) is 1. The first-order valence-electron chi connectivity index (χ1n) is 7.15. The van der Waals surface area contributed by atoms with Gasteiger partial charge < -0.3 is 4.74 Å². The summed E-state index contributed by atoms with van der Waals surface area (Å²) >= 11 is 5.89. The van der Waals surface area contributed by atoms with Crippen LogP contribution in [0.15, 0.2) is 30.5 Å². The topological polar surface area (TPSA) is 69.4 Å². The summed E-state index contributed by atoms with van der Waals surface area (Å²) in [5.41, 5.74) is 1.83. The molecule has 0 radical (unpaired) electrons. The van der Waals surface area contributed by atoms with Gasteiger partial charge in [-0.1, -0.05) is 11.6 Å². The molecule has 0 aliphatic rings. The van der Waals surface area contributed by atoms with Gasteiger partial charge in [-0.3, -0.25) is 0 Å². The fourth-order valence-electron chi connectivity index (χ4n) is 2.14. The van der Waals surface area contributed by atoms with Gasteiger partial charge >= 0.3 is 5.97 Å². The number of fused-ring (bicyclic) bond motifs is 1. The normalized spacial score (nSPS) is 11.2. The van der Waals surface area contributed by atoms with Crippen molar-refractivity contribution in [1.29, 1.82) is 0 Å². The van der Waals surface area contributed by atoms with Gasteiger partial charge in [0.2, 0.25) is 0 Å². The zero-order chi connectivity index (χ0) is 16.6. The Morgan fingerprint density at radius 1 is 1.26 bits per heavy atom. The lowest BCUT2D eigenvalue weighted by molar-refractivity contribution is 0.0375. The Hall–Kier alpha value is -2.47. The smallest absolute Gasteiger partial charge is 0.341 e. The van der Waals surface area contributed by atoms with Crippen LogP contribution in [0.3, 0.4) is 0 Å². The molecule has 0 spiro atoms. The Kier molecular flexibility index (Phi) is 4.00. The predicted molar refractivity (Wildman–Crippen MR) is 86.5 cm³/mol. The highest BCUT2D eigenvalue weighted by molar-refractivity contribution is 6.30. The van der Waals surface area contributed by atoms with Gasteiger partial charge in [-0.25, -0.2) is 14.3 Å². The summed E-state index contributed by atoms with van der Waals surface area (Å²) in [6, 6.07) is 7.21. The summed E-state index contributed by atoms with van der Waals surface area (Å²) in [7, 11) is 0. The lowest BCUT2D eigenvalue weighted by atomic mass is 10.2. The van der Waals surface area contributed by atoms with E-state index in [2.05, 4.69) is 15.1 Å². The molecule has 0 saturated carbocycles. The first-order chi connectivity index (χ1) is 11.0. The zero-order valence-corrected chi connectivity index (χ0v) is 13.7. The molecule has 0 bridgehead atoms. The monoisotopic (exact) mass is 330 g/mol. The summed E-state index contributed by atoms with van der Waals surface area (Å²) in [5.74, 6) is 0.524. The second-order valence-corrected chi connectivity index (χ2v) is 5.80. The van der Waals surface area contributed by atoms with Crippen molar-refractivity contribution in [1.82, 2.24) is 19.6 Å². The number of esters is 1. The number of benzene rings is 1. The minimum atomic E-state index is -0.421. The fourth-order valence-corrected chi connectivity index (χ4v) is 2.27. The summed E-state index contributed by atoms with van der Waals surface area (Å²) < 4.78 is 6.76. The van der Waals surface area contributed by atoms with Crippen LogP contribution in [0.25, 0.3) is 17.2 Å². The Labute approximate surface area is 138 Å². The van der Waals surface area contributed by atoms with E-state index in [1.165, 1.54) is 6.20 Å². The van der Waals surface area contributed by atoms with Gasteiger partial charge in [-0.05, 0) is 45.0 Å². The third-order valence-corrected chi connectivity index (χ3v) is 3.52. The van der Waals surface area contributed by atoms with Crippen LogP contribution in [-0.4, -0.2) is 31.7 Å². The van der Waals surface area contributed by atoms with E-state index in [1.54, 1.807) is 37.4 Å². The van der Waals surface area contributed by atoms with Crippen LogP contribution in [-0.2, 0) is 4.74 Å². The number of carbonyl (C=O) groups excluding carboxylic acids is 1. The van der Waals surface area contributed by atoms with Crippen molar-refractivity contribution in [2.24, 2.45) is 0 Å². The van der Waals surface area contributed by atoms with Crippen molar-refractivity contribution in [3.8, 4) is 11.4 Å². The largest absolute Gasteiger partial charge is 0.459 e. The van der Waals surface area contributed by atoms with E-state index >= 15 is 0 Å². The number of nitrogens with zero attached hydrogens (tertiary/aromatic N) is 4. The average molecular weight is 331 g/mol. The standard InChI is InChI=1S/C16H15ClN4O2/c1-9(2)23-15(22)13-8-18-16-19-14(20-21(16)10(13)3)11-4-6-12(17)7-5-11/h4-9H,1-3H3. The molecule has 2 heterocycles. The van der Waals surface area contributed by atoms with Gasteiger partial charge in [0.1, 0.15) is 0 Å². The van der Waals surface area contributed by atoms with Crippen molar-refractivity contribution >= 4 is 23.3 Å². The van der Waals surface area contributed by atoms with E-state index in [4.69, 9.17) is 16.3 Å². The van der Waals surface area contributed by atoms with Crippen LogP contribution in [0.4, 0.5) is 0 Å². The number of carbonyl (C=O) groups is 1.